The molecule has 450 valence electrons. The first-order chi connectivity index (χ1) is 39.5. The van der Waals surface area contributed by atoms with Gasteiger partial charge in [0.2, 0.25) is 0 Å². The van der Waals surface area contributed by atoms with Crippen LogP contribution in [0.15, 0.2) is 158 Å². The van der Waals surface area contributed by atoms with E-state index in [1.807, 2.05) is 0 Å². The van der Waals surface area contributed by atoms with E-state index >= 15 is 0 Å². The van der Waals surface area contributed by atoms with Crippen LogP contribution in [0.25, 0.3) is 0 Å². The second kappa shape index (κ2) is 66.5. The highest BCUT2D eigenvalue weighted by molar-refractivity contribution is 5.71. The van der Waals surface area contributed by atoms with Gasteiger partial charge in [-0.3, -0.25) is 14.4 Å². The molecule has 6 nitrogen and oxygen atoms in total. The number of carbonyl (C=O) groups excluding carboxylic acids is 3. The lowest BCUT2D eigenvalue weighted by Crippen LogP contribution is -2.30. The number of carbonyl (C=O) groups is 3. The van der Waals surface area contributed by atoms with Crippen LogP contribution >= 0.6 is 0 Å². The smallest absolute Gasteiger partial charge is 0.306 e. The Kier molecular flexibility index (Phi) is 62.4. The summed E-state index contributed by atoms with van der Waals surface area (Å²) < 4.78 is 16.9. The molecule has 0 aromatic rings. The molecule has 0 bridgehead atoms. The van der Waals surface area contributed by atoms with Crippen LogP contribution in [0.2, 0.25) is 0 Å². The van der Waals surface area contributed by atoms with Crippen LogP contribution in [0, 0.1) is 0 Å². The Morgan fingerprint density at radius 3 is 0.812 bits per heavy atom. The maximum atomic E-state index is 12.9. The summed E-state index contributed by atoms with van der Waals surface area (Å²) in [5.41, 5.74) is 0. The van der Waals surface area contributed by atoms with E-state index in [-0.39, 0.29) is 31.1 Å². The Morgan fingerprint density at radius 2 is 0.512 bits per heavy atom. The van der Waals surface area contributed by atoms with Gasteiger partial charge in [0.1, 0.15) is 13.2 Å². The van der Waals surface area contributed by atoms with E-state index in [4.69, 9.17) is 14.2 Å². The summed E-state index contributed by atoms with van der Waals surface area (Å²) in [6.07, 6.45) is 96.8. The lowest BCUT2D eigenvalue weighted by atomic mass is 10.1. The van der Waals surface area contributed by atoms with Crippen molar-refractivity contribution in [3.05, 3.63) is 158 Å². The Morgan fingerprint density at radius 1 is 0.263 bits per heavy atom. The highest BCUT2D eigenvalue weighted by atomic mass is 16.6. The van der Waals surface area contributed by atoms with E-state index in [2.05, 4.69) is 179 Å². The van der Waals surface area contributed by atoms with Gasteiger partial charge < -0.3 is 14.2 Å². The van der Waals surface area contributed by atoms with Crippen molar-refractivity contribution >= 4 is 17.9 Å². The minimum Gasteiger partial charge on any atom is -0.462 e. The van der Waals surface area contributed by atoms with E-state index < -0.39 is 6.10 Å². The second-order valence-electron chi connectivity index (χ2n) is 20.9. The number of ether oxygens (including phenoxy) is 3. The Hall–Kier alpha value is -4.97. The molecule has 0 aliphatic heterocycles. The average Bonchev–Trinajstić information content (AvgIpc) is 3.46. The summed E-state index contributed by atoms with van der Waals surface area (Å²) in [6, 6.07) is 0. The van der Waals surface area contributed by atoms with Gasteiger partial charge in [0.25, 0.3) is 0 Å². The van der Waals surface area contributed by atoms with Crippen LogP contribution in [-0.4, -0.2) is 37.2 Å². The third-order valence-electron chi connectivity index (χ3n) is 13.2. The highest BCUT2D eigenvalue weighted by Crippen LogP contribution is 2.14. The van der Waals surface area contributed by atoms with Gasteiger partial charge in [-0.05, 0) is 141 Å². The fourth-order valence-electron chi connectivity index (χ4n) is 8.37. The zero-order valence-corrected chi connectivity index (χ0v) is 51.5. The summed E-state index contributed by atoms with van der Waals surface area (Å²) in [5, 5.41) is 0. The van der Waals surface area contributed by atoms with Crippen molar-refractivity contribution in [1.82, 2.24) is 0 Å². The summed E-state index contributed by atoms with van der Waals surface area (Å²) >= 11 is 0. The zero-order valence-electron chi connectivity index (χ0n) is 51.5. The first-order valence-electron chi connectivity index (χ1n) is 32.5. The lowest BCUT2D eigenvalue weighted by Gasteiger charge is -2.18. The maximum Gasteiger partial charge on any atom is 0.306 e. The molecule has 1 atom stereocenters. The van der Waals surface area contributed by atoms with Crippen molar-refractivity contribution in [2.24, 2.45) is 0 Å². The van der Waals surface area contributed by atoms with Gasteiger partial charge in [-0.15, -0.1) is 0 Å². The molecule has 0 radical (unpaired) electrons. The molecule has 0 heterocycles. The minimum atomic E-state index is -0.803. The number of allylic oxidation sites excluding steroid dienone is 26. The number of esters is 3. The Bertz CT molecular complexity index is 1790. The SMILES string of the molecule is CC/C=C\C/C=C\C/C=C\C/C=C\C/C=C\C/C=C\C/C=C\C/C=C\C/C=C\CCCCCCCCCC(=O)OCC(COC(=O)CCCCCCC/C=C\C/C=C\CCC)OC(=O)CCCCCCC/C=C\C/C=C\CCCC. The molecule has 0 fully saturated rings. The van der Waals surface area contributed by atoms with Crippen LogP contribution in [0.4, 0.5) is 0 Å². The second-order valence-corrected chi connectivity index (χ2v) is 20.9. The predicted molar refractivity (Wildman–Crippen MR) is 348 cm³/mol. The molecule has 6 heteroatoms. The molecule has 0 aliphatic rings. The normalized spacial score (nSPS) is 13.2. The number of hydrogen-bond acceptors (Lipinski definition) is 6. The van der Waals surface area contributed by atoms with E-state index in [1.165, 1.54) is 51.4 Å². The maximum absolute atomic E-state index is 12.9. The number of rotatable bonds is 57. The first-order valence-corrected chi connectivity index (χ1v) is 32.5. The van der Waals surface area contributed by atoms with Gasteiger partial charge in [0, 0.05) is 19.3 Å². The number of hydrogen-bond donors (Lipinski definition) is 0. The Balaban J connectivity index is 4.28. The van der Waals surface area contributed by atoms with Crippen molar-refractivity contribution in [3.63, 3.8) is 0 Å². The fourth-order valence-corrected chi connectivity index (χ4v) is 8.37. The molecule has 0 aromatic heterocycles. The average molecular weight is 1100 g/mol. The van der Waals surface area contributed by atoms with Crippen LogP contribution < -0.4 is 0 Å². The summed E-state index contributed by atoms with van der Waals surface area (Å²) in [4.78, 5) is 38.2. The summed E-state index contributed by atoms with van der Waals surface area (Å²) in [6.45, 7) is 6.38. The molecular formula is C74H118O6. The lowest BCUT2D eigenvalue weighted by molar-refractivity contribution is -0.167. The molecule has 0 spiro atoms. The van der Waals surface area contributed by atoms with Crippen molar-refractivity contribution in [2.75, 3.05) is 13.2 Å². The topological polar surface area (TPSA) is 78.9 Å². The van der Waals surface area contributed by atoms with E-state index in [0.717, 1.165) is 180 Å². The molecule has 0 saturated heterocycles. The van der Waals surface area contributed by atoms with Crippen LogP contribution in [0.1, 0.15) is 271 Å². The number of unbranched alkanes of at least 4 members (excludes halogenated alkanes) is 20. The van der Waals surface area contributed by atoms with Gasteiger partial charge in [0.05, 0.1) is 0 Å². The summed E-state index contributed by atoms with van der Waals surface area (Å²) in [7, 11) is 0. The third kappa shape index (κ3) is 63.9. The molecule has 0 aromatic carbocycles. The molecule has 0 saturated carbocycles. The zero-order chi connectivity index (χ0) is 57.8. The quantitative estimate of drug-likeness (QED) is 0.0261. The van der Waals surface area contributed by atoms with Crippen molar-refractivity contribution in [2.45, 2.75) is 277 Å². The van der Waals surface area contributed by atoms with Gasteiger partial charge >= 0.3 is 17.9 Å². The summed E-state index contributed by atoms with van der Waals surface area (Å²) in [5.74, 6) is -0.941. The van der Waals surface area contributed by atoms with Crippen molar-refractivity contribution in [1.29, 1.82) is 0 Å². The monoisotopic (exact) mass is 1100 g/mol. The molecule has 0 aliphatic carbocycles. The van der Waals surface area contributed by atoms with E-state index in [1.54, 1.807) is 0 Å². The van der Waals surface area contributed by atoms with E-state index in [0.29, 0.717) is 19.3 Å². The molecule has 1 unspecified atom stereocenters. The minimum absolute atomic E-state index is 0.0994. The first kappa shape index (κ1) is 75.0. The van der Waals surface area contributed by atoms with Gasteiger partial charge in [-0.1, -0.05) is 269 Å². The predicted octanol–water partition coefficient (Wildman–Crippen LogP) is 22.5. The van der Waals surface area contributed by atoms with Gasteiger partial charge in [-0.2, -0.15) is 0 Å². The fraction of sp³-hybridized carbons (Fsp3) is 0.608. The van der Waals surface area contributed by atoms with Crippen molar-refractivity contribution in [3.8, 4) is 0 Å². The van der Waals surface area contributed by atoms with Crippen LogP contribution in [-0.2, 0) is 28.6 Å². The van der Waals surface area contributed by atoms with Gasteiger partial charge in [-0.25, -0.2) is 0 Å². The third-order valence-corrected chi connectivity index (χ3v) is 13.2. The largest absolute Gasteiger partial charge is 0.462 e. The Labute approximate surface area is 492 Å². The van der Waals surface area contributed by atoms with Crippen LogP contribution in [0.3, 0.4) is 0 Å². The molecular weight excluding hydrogens is 985 g/mol. The standard InChI is InChI=1S/C74H118O6/c1-4-7-10-13-16-19-22-25-27-28-29-30-31-32-33-34-35-36-37-38-39-40-41-42-43-44-45-46-47-50-52-55-58-61-64-67-73(76)79-70-71(69-78-72(75)66-63-60-57-54-51-48-24-21-18-15-12-9-6-3)80-74(77)68-65-62-59-56-53-49-26-23-20-17-14-11-8-5-2/h7,10,12,14-17,19,21,23-27,29-30,32-33,35-36,38-39,41-42,44-45,71H,4-6,8-9,11,13,18,20,22,28,31,34,37,40,43,46-70H2,1-3H3/b10-7-,15-12-,17-14-,19-16-,24-21-,26-23-,27-25-,30-29-,33-32-,36-35-,39-38-,42-41-,45-44-. The molecule has 80 heavy (non-hydrogen) atoms. The van der Waals surface area contributed by atoms with E-state index in [9.17, 15) is 14.4 Å². The van der Waals surface area contributed by atoms with Crippen LogP contribution in [0.5, 0.6) is 0 Å². The van der Waals surface area contributed by atoms with Gasteiger partial charge in [0.15, 0.2) is 6.10 Å². The highest BCUT2D eigenvalue weighted by Gasteiger charge is 2.19. The molecule has 0 amide bonds. The molecule has 0 N–H and O–H groups in total. The van der Waals surface area contributed by atoms with Crippen molar-refractivity contribution < 1.29 is 28.6 Å². The molecule has 0 rings (SSSR count).